The lowest BCUT2D eigenvalue weighted by molar-refractivity contribution is 0.168. The number of hydrogen-bond acceptors (Lipinski definition) is 4. The van der Waals surface area contributed by atoms with E-state index in [2.05, 4.69) is 10.0 Å². The molecule has 1 amide bonds. The Bertz CT molecular complexity index is 841. The third-order valence-electron chi connectivity index (χ3n) is 2.84. The van der Waals surface area contributed by atoms with E-state index >= 15 is 0 Å². The first-order valence-electron chi connectivity index (χ1n) is 6.83. The second-order valence-electron chi connectivity index (χ2n) is 4.60. The van der Waals surface area contributed by atoms with E-state index in [1.165, 1.54) is 30.3 Å². The summed E-state index contributed by atoms with van der Waals surface area (Å²) in [6.07, 6.45) is -0.617. The van der Waals surface area contributed by atoms with Crippen LogP contribution in [0.25, 0.3) is 0 Å². The van der Waals surface area contributed by atoms with Crippen molar-refractivity contribution in [3.8, 4) is 0 Å². The Kier molecular flexibility index (Phi) is 5.63. The first-order valence-corrected chi connectivity index (χ1v) is 8.69. The van der Waals surface area contributed by atoms with Gasteiger partial charge in [-0.1, -0.05) is 11.6 Å². The molecule has 6 nitrogen and oxygen atoms in total. The van der Waals surface area contributed by atoms with Crippen molar-refractivity contribution in [3.05, 3.63) is 53.3 Å². The summed E-state index contributed by atoms with van der Waals surface area (Å²) in [4.78, 5) is 10.8. The minimum atomic E-state index is -4.10. The number of carbonyl (C=O) groups excluding carboxylic acids is 1. The third-order valence-corrected chi connectivity index (χ3v) is 4.49. The van der Waals surface area contributed by atoms with Crippen molar-refractivity contribution in [1.82, 2.24) is 0 Å². The van der Waals surface area contributed by atoms with Gasteiger partial charge in [0.05, 0.1) is 6.61 Å². The maximum Gasteiger partial charge on any atom is 0.411 e. The molecule has 0 aromatic heterocycles. The van der Waals surface area contributed by atoms with Crippen molar-refractivity contribution in [2.24, 2.45) is 0 Å². The van der Waals surface area contributed by atoms with Gasteiger partial charge in [0.2, 0.25) is 0 Å². The smallest absolute Gasteiger partial charge is 0.411 e. The van der Waals surface area contributed by atoms with E-state index in [0.717, 1.165) is 12.1 Å². The number of nitrogens with one attached hydrogen (secondary N) is 2. The molecule has 0 heterocycles. The number of amides is 1. The molecule has 9 heteroatoms. The lowest BCUT2D eigenvalue weighted by Gasteiger charge is -2.10. The van der Waals surface area contributed by atoms with Crippen molar-refractivity contribution in [1.29, 1.82) is 0 Å². The molecule has 0 bridgehead atoms. The molecule has 0 atom stereocenters. The van der Waals surface area contributed by atoms with Crippen molar-refractivity contribution in [3.63, 3.8) is 0 Å². The van der Waals surface area contributed by atoms with Crippen LogP contribution in [0.3, 0.4) is 0 Å². The van der Waals surface area contributed by atoms with Crippen LogP contribution in [0.5, 0.6) is 0 Å². The minimum absolute atomic E-state index is 0.0980. The topological polar surface area (TPSA) is 84.5 Å². The second kappa shape index (κ2) is 7.50. The molecular formula is C15H14ClFN2O4S. The van der Waals surface area contributed by atoms with Gasteiger partial charge in [0.25, 0.3) is 10.0 Å². The van der Waals surface area contributed by atoms with Crippen LogP contribution in [0, 0.1) is 5.82 Å². The zero-order chi connectivity index (χ0) is 17.7. The van der Waals surface area contributed by atoms with E-state index in [0.29, 0.717) is 5.69 Å². The molecule has 2 aromatic carbocycles. The summed E-state index contributed by atoms with van der Waals surface area (Å²) in [5, 5.41) is 2.56. The van der Waals surface area contributed by atoms with Gasteiger partial charge in [-0.3, -0.25) is 10.0 Å². The van der Waals surface area contributed by atoms with Crippen LogP contribution >= 0.6 is 11.6 Å². The number of sulfonamides is 1. The predicted molar refractivity (Wildman–Crippen MR) is 89.3 cm³/mol. The normalized spacial score (nSPS) is 11.0. The van der Waals surface area contributed by atoms with Crippen LogP contribution in [0.15, 0.2) is 47.4 Å². The third kappa shape index (κ3) is 4.59. The first kappa shape index (κ1) is 18.0. The average molecular weight is 373 g/mol. The first-order chi connectivity index (χ1) is 11.3. The van der Waals surface area contributed by atoms with E-state index in [9.17, 15) is 17.6 Å². The van der Waals surface area contributed by atoms with Crippen LogP contribution < -0.4 is 10.0 Å². The van der Waals surface area contributed by atoms with Crippen LogP contribution in [0.4, 0.5) is 20.6 Å². The standard InChI is InChI=1S/C15H14ClFN2O4S/c1-2-23-15(20)18-11-4-6-12(7-5-11)19-24(21,22)14-8-3-10(16)9-13(14)17/h3-9,19H,2H2,1H3,(H,18,20). The molecule has 0 unspecified atom stereocenters. The molecular weight excluding hydrogens is 359 g/mol. The molecule has 0 saturated carbocycles. The Morgan fingerprint density at radius 1 is 1.17 bits per heavy atom. The maximum absolute atomic E-state index is 13.8. The monoisotopic (exact) mass is 372 g/mol. The van der Waals surface area contributed by atoms with Crippen LogP contribution in [-0.4, -0.2) is 21.1 Å². The Balaban J connectivity index is 2.14. The van der Waals surface area contributed by atoms with Gasteiger partial charge in [-0.2, -0.15) is 0 Å². The Morgan fingerprint density at radius 2 is 1.79 bits per heavy atom. The number of anilines is 2. The fourth-order valence-electron chi connectivity index (χ4n) is 1.81. The zero-order valence-electron chi connectivity index (χ0n) is 12.5. The summed E-state index contributed by atoms with van der Waals surface area (Å²) in [6, 6.07) is 9.09. The van der Waals surface area contributed by atoms with Crippen molar-refractivity contribution in [2.75, 3.05) is 16.6 Å². The number of halogens is 2. The number of benzene rings is 2. The van der Waals surface area contributed by atoms with Gasteiger partial charge < -0.3 is 4.74 Å². The highest BCUT2D eigenvalue weighted by Gasteiger charge is 2.19. The summed E-state index contributed by atoms with van der Waals surface area (Å²) < 4.78 is 45.1. The van der Waals surface area contributed by atoms with E-state index in [-0.39, 0.29) is 17.3 Å². The Hall–Kier alpha value is -2.32. The van der Waals surface area contributed by atoms with Gasteiger partial charge in [-0.25, -0.2) is 17.6 Å². The SMILES string of the molecule is CCOC(=O)Nc1ccc(NS(=O)(=O)c2ccc(Cl)cc2F)cc1. The molecule has 0 aliphatic rings. The maximum atomic E-state index is 13.8. The fourth-order valence-corrected chi connectivity index (χ4v) is 3.09. The summed E-state index contributed by atoms with van der Waals surface area (Å²) in [6.45, 7) is 1.91. The molecule has 0 fully saturated rings. The molecule has 0 radical (unpaired) electrons. The summed E-state index contributed by atoms with van der Waals surface area (Å²) in [5.41, 5.74) is 0.632. The van der Waals surface area contributed by atoms with E-state index in [1.54, 1.807) is 6.92 Å². The van der Waals surface area contributed by atoms with Gasteiger partial charge in [-0.05, 0) is 49.4 Å². The molecule has 0 aliphatic carbocycles. The van der Waals surface area contributed by atoms with Crippen LogP contribution in [-0.2, 0) is 14.8 Å². The number of rotatable bonds is 5. The molecule has 2 N–H and O–H groups in total. The number of hydrogen-bond donors (Lipinski definition) is 2. The predicted octanol–water partition coefficient (Wildman–Crippen LogP) is 3.85. The van der Waals surface area contributed by atoms with Crippen molar-refractivity contribution >= 4 is 39.1 Å². The van der Waals surface area contributed by atoms with Gasteiger partial charge in [0, 0.05) is 16.4 Å². The molecule has 2 rings (SSSR count). The van der Waals surface area contributed by atoms with Crippen LogP contribution in [0.1, 0.15) is 6.92 Å². The Morgan fingerprint density at radius 3 is 2.38 bits per heavy atom. The largest absolute Gasteiger partial charge is 0.450 e. The van der Waals surface area contributed by atoms with E-state index < -0.39 is 26.8 Å². The average Bonchev–Trinajstić information content (AvgIpc) is 2.48. The van der Waals surface area contributed by atoms with Crippen molar-refractivity contribution in [2.45, 2.75) is 11.8 Å². The van der Waals surface area contributed by atoms with Gasteiger partial charge in [-0.15, -0.1) is 0 Å². The highest BCUT2D eigenvalue weighted by Crippen LogP contribution is 2.22. The lowest BCUT2D eigenvalue weighted by atomic mass is 10.3. The minimum Gasteiger partial charge on any atom is -0.450 e. The number of ether oxygens (including phenoxy) is 1. The van der Waals surface area contributed by atoms with Gasteiger partial charge in [0.15, 0.2) is 0 Å². The lowest BCUT2D eigenvalue weighted by Crippen LogP contribution is -2.15. The zero-order valence-corrected chi connectivity index (χ0v) is 14.1. The highest BCUT2D eigenvalue weighted by atomic mass is 35.5. The fraction of sp³-hybridized carbons (Fsp3) is 0.133. The molecule has 0 spiro atoms. The summed E-state index contributed by atoms with van der Waals surface area (Å²) in [7, 11) is -4.10. The molecule has 2 aromatic rings. The molecule has 0 saturated heterocycles. The number of carbonyl (C=O) groups is 1. The van der Waals surface area contributed by atoms with E-state index in [1.807, 2.05) is 0 Å². The van der Waals surface area contributed by atoms with Crippen LogP contribution in [0.2, 0.25) is 5.02 Å². The molecule has 24 heavy (non-hydrogen) atoms. The molecule has 128 valence electrons. The van der Waals surface area contributed by atoms with E-state index in [4.69, 9.17) is 16.3 Å². The van der Waals surface area contributed by atoms with Gasteiger partial charge in [0.1, 0.15) is 10.7 Å². The highest BCUT2D eigenvalue weighted by molar-refractivity contribution is 7.92. The van der Waals surface area contributed by atoms with Crippen molar-refractivity contribution < 1.29 is 22.3 Å². The van der Waals surface area contributed by atoms with Gasteiger partial charge >= 0.3 is 6.09 Å². The summed E-state index contributed by atoms with van der Waals surface area (Å²) in [5.74, 6) is -0.949. The molecule has 0 aliphatic heterocycles. The summed E-state index contributed by atoms with van der Waals surface area (Å²) >= 11 is 5.61. The Labute approximate surface area is 143 Å². The second-order valence-corrected chi connectivity index (χ2v) is 6.69. The quantitative estimate of drug-likeness (QED) is 0.834.